The van der Waals surface area contributed by atoms with Gasteiger partial charge in [0.05, 0.1) is 31.0 Å². The fraction of sp³-hybridized carbons (Fsp3) is 0.190. The summed E-state index contributed by atoms with van der Waals surface area (Å²) in [6, 6.07) is 8.89. The van der Waals surface area contributed by atoms with E-state index in [1.165, 1.54) is 20.4 Å². The highest BCUT2D eigenvalue weighted by atomic mass is 16.5. The number of primary amides is 1. The number of methoxy groups -OCH3 is 2. The summed E-state index contributed by atoms with van der Waals surface area (Å²) in [5, 5.41) is 15.1. The van der Waals surface area contributed by atoms with Gasteiger partial charge in [-0.05, 0) is 30.2 Å². The van der Waals surface area contributed by atoms with Crippen LogP contribution in [0.3, 0.4) is 0 Å². The Morgan fingerprint density at radius 2 is 1.87 bits per heavy atom. The number of fused-ring (bicyclic) bond motifs is 1. The zero-order chi connectivity index (χ0) is 21.8. The first-order valence-corrected chi connectivity index (χ1v) is 9.02. The van der Waals surface area contributed by atoms with Crippen LogP contribution >= 0.6 is 0 Å². The monoisotopic (exact) mass is 410 g/mol. The van der Waals surface area contributed by atoms with Crippen molar-refractivity contribution in [2.45, 2.75) is 13.5 Å². The SMILES string of the molecule is COc1cc2ncc(C(N)=O)c(Nc3cccc(CNC(=O)O)c3C)c2cc1OC. The number of ether oxygens (including phenoxy) is 2. The van der Waals surface area contributed by atoms with Crippen LogP contribution in [-0.4, -0.2) is 36.3 Å². The van der Waals surface area contributed by atoms with Gasteiger partial charge in [-0.25, -0.2) is 4.79 Å². The van der Waals surface area contributed by atoms with Crippen LogP contribution in [0.25, 0.3) is 10.9 Å². The lowest BCUT2D eigenvalue weighted by Gasteiger charge is -2.18. The van der Waals surface area contributed by atoms with Crippen LogP contribution in [0.4, 0.5) is 16.2 Å². The van der Waals surface area contributed by atoms with Crippen molar-refractivity contribution in [3.63, 3.8) is 0 Å². The molecule has 0 bridgehead atoms. The van der Waals surface area contributed by atoms with Crippen LogP contribution < -0.4 is 25.8 Å². The smallest absolute Gasteiger partial charge is 0.404 e. The molecule has 0 unspecified atom stereocenters. The van der Waals surface area contributed by atoms with Crippen molar-refractivity contribution in [2.75, 3.05) is 19.5 Å². The molecule has 0 aliphatic rings. The molecule has 0 aliphatic heterocycles. The fourth-order valence-electron chi connectivity index (χ4n) is 3.16. The van der Waals surface area contributed by atoms with E-state index in [4.69, 9.17) is 20.3 Å². The van der Waals surface area contributed by atoms with E-state index in [0.29, 0.717) is 33.8 Å². The Morgan fingerprint density at radius 3 is 2.50 bits per heavy atom. The summed E-state index contributed by atoms with van der Waals surface area (Å²) >= 11 is 0. The third-order valence-electron chi connectivity index (χ3n) is 4.77. The van der Waals surface area contributed by atoms with Crippen molar-refractivity contribution in [1.82, 2.24) is 10.3 Å². The second kappa shape index (κ2) is 8.56. The maximum absolute atomic E-state index is 12.1. The highest BCUT2D eigenvalue weighted by Gasteiger charge is 2.18. The van der Waals surface area contributed by atoms with E-state index in [-0.39, 0.29) is 12.1 Å². The zero-order valence-corrected chi connectivity index (χ0v) is 16.8. The summed E-state index contributed by atoms with van der Waals surface area (Å²) < 4.78 is 10.7. The van der Waals surface area contributed by atoms with Crippen molar-refractivity contribution in [3.8, 4) is 11.5 Å². The molecule has 3 rings (SSSR count). The Hall–Kier alpha value is -4.01. The van der Waals surface area contributed by atoms with E-state index in [1.54, 1.807) is 18.2 Å². The number of rotatable bonds is 7. The molecule has 156 valence electrons. The number of nitrogens with two attached hydrogens (primary N) is 1. The van der Waals surface area contributed by atoms with E-state index in [1.807, 2.05) is 19.1 Å². The number of aromatic nitrogens is 1. The van der Waals surface area contributed by atoms with Gasteiger partial charge in [-0.1, -0.05) is 12.1 Å². The first-order chi connectivity index (χ1) is 14.3. The van der Waals surface area contributed by atoms with Gasteiger partial charge in [0.15, 0.2) is 11.5 Å². The van der Waals surface area contributed by atoms with Gasteiger partial charge in [0.25, 0.3) is 5.91 Å². The predicted molar refractivity (Wildman–Crippen MR) is 113 cm³/mol. The second-order valence-corrected chi connectivity index (χ2v) is 6.51. The number of carbonyl (C=O) groups excluding carboxylic acids is 1. The normalized spacial score (nSPS) is 10.5. The third-order valence-corrected chi connectivity index (χ3v) is 4.77. The summed E-state index contributed by atoms with van der Waals surface area (Å²) in [6.07, 6.45) is 0.300. The number of anilines is 2. The third kappa shape index (κ3) is 4.04. The Kier molecular flexibility index (Phi) is 5.91. The lowest BCUT2D eigenvalue weighted by atomic mass is 10.0. The van der Waals surface area contributed by atoms with Crippen molar-refractivity contribution in [3.05, 3.63) is 53.2 Å². The zero-order valence-electron chi connectivity index (χ0n) is 16.8. The first-order valence-electron chi connectivity index (χ1n) is 9.02. The van der Waals surface area contributed by atoms with Crippen LogP contribution in [0.1, 0.15) is 21.5 Å². The van der Waals surface area contributed by atoms with Crippen LogP contribution in [0.5, 0.6) is 11.5 Å². The maximum Gasteiger partial charge on any atom is 0.404 e. The van der Waals surface area contributed by atoms with E-state index in [0.717, 1.165) is 11.1 Å². The van der Waals surface area contributed by atoms with E-state index < -0.39 is 12.0 Å². The first kappa shape index (κ1) is 20.7. The molecule has 0 radical (unpaired) electrons. The molecule has 1 heterocycles. The summed E-state index contributed by atoms with van der Waals surface area (Å²) in [7, 11) is 3.05. The minimum absolute atomic E-state index is 0.154. The average molecular weight is 410 g/mol. The van der Waals surface area contributed by atoms with Crippen molar-refractivity contribution in [2.24, 2.45) is 5.73 Å². The highest BCUT2D eigenvalue weighted by Crippen LogP contribution is 2.37. The van der Waals surface area contributed by atoms with Crippen molar-refractivity contribution >= 4 is 34.3 Å². The number of carboxylic acid groups (broad SMARTS) is 1. The van der Waals surface area contributed by atoms with Crippen LogP contribution in [0, 0.1) is 6.92 Å². The number of nitrogens with one attached hydrogen (secondary N) is 2. The second-order valence-electron chi connectivity index (χ2n) is 6.51. The number of carbonyl (C=O) groups is 2. The lowest BCUT2D eigenvalue weighted by Crippen LogP contribution is -2.20. The predicted octanol–water partition coefficient (Wildman–Crippen LogP) is 3.17. The molecule has 0 saturated carbocycles. The molecule has 0 saturated heterocycles. The summed E-state index contributed by atoms with van der Waals surface area (Å²) in [5.74, 6) is 0.351. The van der Waals surface area contributed by atoms with Gasteiger partial charge >= 0.3 is 6.09 Å². The van der Waals surface area contributed by atoms with Crippen LogP contribution in [0.15, 0.2) is 36.5 Å². The Morgan fingerprint density at radius 1 is 1.17 bits per heavy atom. The van der Waals surface area contributed by atoms with Gasteiger partial charge in [-0.3, -0.25) is 9.78 Å². The molecule has 3 aromatic rings. The van der Waals surface area contributed by atoms with Gasteiger partial charge in [-0.15, -0.1) is 0 Å². The van der Waals surface area contributed by atoms with Crippen LogP contribution in [-0.2, 0) is 6.54 Å². The molecule has 30 heavy (non-hydrogen) atoms. The number of hydrogen-bond donors (Lipinski definition) is 4. The molecule has 1 aromatic heterocycles. The van der Waals surface area contributed by atoms with Crippen molar-refractivity contribution < 1.29 is 24.2 Å². The molecule has 0 atom stereocenters. The van der Waals surface area contributed by atoms with E-state index >= 15 is 0 Å². The highest BCUT2D eigenvalue weighted by molar-refractivity contribution is 6.08. The van der Waals surface area contributed by atoms with Gasteiger partial charge in [0, 0.05) is 29.9 Å². The number of pyridine rings is 1. The summed E-state index contributed by atoms with van der Waals surface area (Å²) in [5.41, 5.74) is 9.17. The number of benzene rings is 2. The number of nitrogens with zero attached hydrogens (tertiary/aromatic N) is 1. The minimum atomic E-state index is -1.11. The van der Waals surface area contributed by atoms with E-state index in [9.17, 15) is 9.59 Å². The van der Waals surface area contributed by atoms with Gasteiger partial charge in [0.1, 0.15) is 0 Å². The molecule has 2 amide bonds. The summed E-state index contributed by atoms with van der Waals surface area (Å²) in [6.45, 7) is 2.01. The molecule has 5 N–H and O–H groups in total. The quantitative estimate of drug-likeness (QED) is 0.470. The number of hydrogen-bond acceptors (Lipinski definition) is 6. The van der Waals surface area contributed by atoms with Crippen LogP contribution in [0.2, 0.25) is 0 Å². The largest absolute Gasteiger partial charge is 0.493 e. The average Bonchev–Trinajstić information content (AvgIpc) is 2.73. The molecule has 9 nitrogen and oxygen atoms in total. The Bertz CT molecular complexity index is 1130. The molecular formula is C21H22N4O5. The molecular weight excluding hydrogens is 388 g/mol. The lowest BCUT2D eigenvalue weighted by molar-refractivity contribution is 0.100. The Labute approximate surface area is 172 Å². The topological polar surface area (TPSA) is 136 Å². The minimum Gasteiger partial charge on any atom is -0.493 e. The molecule has 2 aromatic carbocycles. The molecule has 0 fully saturated rings. The Balaban J connectivity index is 2.15. The van der Waals surface area contributed by atoms with Gasteiger partial charge in [-0.2, -0.15) is 0 Å². The van der Waals surface area contributed by atoms with Crippen molar-refractivity contribution in [1.29, 1.82) is 0 Å². The number of amides is 2. The molecule has 9 heteroatoms. The van der Waals surface area contributed by atoms with Gasteiger partial charge < -0.3 is 30.9 Å². The van der Waals surface area contributed by atoms with E-state index in [2.05, 4.69) is 15.6 Å². The molecule has 0 aliphatic carbocycles. The summed E-state index contributed by atoms with van der Waals surface area (Å²) in [4.78, 5) is 27.2. The van der Waals surface area contributed by atoms with Gasteiger partial charge in [0.2, 0.25) is 0 Å². The maximum atomic E-state index is 12.1. The molecule has 0 spiro atoms. The fourth-order valence-corrected chi connectivity index (χ4v) is 3.16. The standard InChI is InChI=1S/C21H22N4O5/c1-11-12(9-24-21(27)28)5-4-6-15(11)25-19-13-7-17(29-2)18(30-3)8-16(13)23-10-14(19)20(22)26/h4-8,10,24H,9H2,1-3H3,(H2,22,26)(H,23,25)(H,27,28).